The van der Waals surface area contributed by atoms with E-state index < -0.39 is 7.14 Å². The molecule has 0 fully saturated rings. The van der Waals surface area contributed by atoms with E-state index in [1.807, 2.05) is 104 Å². The van der Waals surface area contributed by atoms with E-state index in [4.69, 9.17) is 0 Å². The van der Waals surface area contributed by atoms with Crippen LogP contribution in [0.3, 0.4) is 0 Å². The van der Waals surface area contributed by atoms with Crippen molar-refractivity contribution in [3.8, 4) is 0 Å². The first-order valence-electron chi connectivity index (χ1n) is 7.70. The monoisotopic (exact) mass is 318 g/mol. The highest BCUT2D eigenvalue weighted by Crippen LogP contribution is 2.43. The Kier molecular flexibility index (Phi) is 4.60. The van der Waals surface area contributed by atoms with Gasteiger partial charge in [0.1, 0.15) is 0 Å². The molecule has 0 saturated carbocycles. The van der Waals surface area contributed by atoms with Crippen LogP contribution in [0.1, 0.15) is 12.5 Å². The van der Waals surface area contributed by atoms with Gasteiger partial charge in [-0.3, -0.25) is 0 Å². The first kappa shape index (κ1) is 15.5. The van der Waals surface area contributed by atoms with Gasteiger partial charge < -0.3 is 4.57 Å². The third kappa shape index (κ3) is 2.93. The number of rotatable bonds is 4. The first-order chi connectivity index (χ1) is 11.3. The molecule has 3 aromatic carbocycles. The van der Waals surface area contributed by atoms with Gasteiger partial charge in [0.2, 0.25) is 0 Å². The van der Waals surface area contributed by atoms with E-state index in [-0.39, 0.29) is 0 Å². The summed E-state index contributed by atoms with van der Waals surface area (Å²) in [5.41, 5.74) is 1.01. The van der Waals surface area contributed by atoms with Crippen LogP contribution >= 0.6 is 7.14 Å². The summed E-state index contributed by atoms with van der Waals surface area (Å²) in [6, 6.07) is 27.5. The predicted molar refractivity (Wildman–Crippen MR) is 101 cm³/mol. The molecule has 2 heteroatoms. The SMILES string of the molecule is C/C=C/c1ccccc1P(=O)(c1ccccc1)c1ccccc1. The average Bonchev–Trinajstić information content (AvgIpc) is 2.63. The van der Waals surface area contributed by atoms with Gasteiger partial charge in [0, 0.05) is 15.9 Å². The standard InChI is InChI=1S/C21H19OP/c1-2-11-18-12-9-10-17-21(18)23(22,19-13-5-3-6-14-19)20-15-7-4-8-16-20/h2-17H,1H3/b11-2+. The van der Waals surface area contributed by atoms with E-state index in [2.05, 4.69) is 0 Å². The molecule has 0 aliphatic carbocycles. The van der Waals surface area contributed by atoms with Crippen molar-refractivity contribution in [1.29, 1.82) is 0 Å². The number of benzene rings is 3. The molecule has 0 aliphatic rings. The van der Waals surface area contributed by atoms with Crippen LogP contribution in [0.25, 0.3) is 6.08 Å². The van der Waals surface area contributed by atoms with Gasteiger partial charge in [-0.15, -0.1) is 0 Å². The Labute approximate surface area is 137 Å². The topological polar surface area (TPSA) is 17.1 Å². The van der Waals surface area contributed by atoms with Crippen molar-refractivity contribution in [3.05, 3.63) is 96.6 Å². The fourth-order valence-electron chi connectivity index (χ4n) is 2.80. The molecule has 1 nitrogen and oxygen atoms in total. The van der Waals surface area contributed by atoms with Gasteiger partial charge in [0.15, 0.2) is 7.14 Å². The van der Waals surface area contributed by atoms with Crippen molar-refractivity contribution in [2.24, 2.45) is 0 Å². The van der Waals surface area contributed by atoms with E-state index in [1.54, 1.807) is 0 Å². The first-order valence-corrected chi connectivity index (χ1v) is 9.41. The van der Waals surface area contributed by atoms with Crippen LogP contribution in [0.15, 0.2) is 91.0 Å². The van der Waals surface area contributed by atoms with Gasteiger partial charge in [-0.2, -0.15) is 0 Å². The number of hydrogen-bond donors (Lipinski definition) is 0. The largest absolute Gasteiger partial charge is 0.309 e. The third-order valence-corrected chi connectivity index (χ3v) is 7.00. The molecule has 0 atom stereocenters. The third-order valence-electron chi connectivity index (χ3n) is 3.86. The highest BCUT2D eigenvalue weighted by atomic mass is 31.2. The second-order valence-electron chi connectivity index (χ2n) is 5.34. The molecule has 3 aromatic rings. The Balaban J connectivity index is 2.33. The van der Waals surface area contributed by atoms with E-state index >= 15 is 0 Å². The molecule has 0 amide bonds. The molecule has 3 rings (SSSR count). The molecule has 0 aliphatic heterocycles. The lowest BCUT2D eigenvalue weighted by atomic mass is 10.2. The van der Waals surface area contributed by atoms with E-state index in [1.165, 1.54) is 0 Å². The minimum atomic E-state index is -2.90. The van der Waals surface area contributed by atoms with Crippen LogP contribution in [0.2, 0.25) is 0 Å². The molecule has 0 heterocycles. The summed E-state index contributed by atoms with van der Waals surface area (Å²) < 4.78 is 14.3. The van der Waals surface area contributed by atoms with Crippen molar-refractivity contribution in [1.82, 2.24) is 0 Å². The molecular formula is C21H19OP. The van der Waals surface area contributed by atoms with E-state index in [9.17, 15) is 4.57 Å². The summed E-state index contributed by atoms with van der Waals surface area (Å²) >= 11 is 0. The van der Waals surface area contributed by atoms with Crippen molar-refractivity contribution in [3.63, 3.8) is 0 Å². The molecular weight excluding hydrogens is 299 g/mol. The highest BCUT2D eigenvalue weighted by Gasteiger charge is 2.30. The van der Waals surface area contributed by atoms with Crippen LogP contribution in [0.5, 0.6) is 0 Å². The lowest BCUT2D eigenvalue weighted by molar-refractivity contribution is 0.592. The molecule has 0 spiro atoms. The molecule has 0 bridgehead atoms. The Bertz CT molecular complexity index is 808. The fraction of sp³-hybridized carbons (Fsp3) is 0.0476. The minimum absolute atomic E-state index is 0.864. The maximum Gasteiger partial charge on any atom is 0.171 e. The summed E-state index contributed by atoms with van der Waals surface area (Å²) in [7, 11) is -2.90. The van der Waals surface area contributed by atoms with Gasteiger partial charge in [0.05, 0.1) is 0 Å². The smallest absolute Gasteiger partial charge is 0.171 e. The van der Waals surface area contributed by atoms with Crippen LogP contribution in [-0.4, -0.2) is 0 Å². The van der Waals surface area contributed by atoms with Crippen molar-refractivity contribution in [2.45, 2.75) is 6.92 Å². The van der Waals surface area contributed by atoms with Crippen LogP contribution in [0.4, 0.5) is 0 Å². The maximum absolute atomic E-state index is 14.3. The van der Waals surface area contributed by atoms with Crippen LogP contribution in [0, 0.1) is 0 Å². The Morgan fingerprint density at radius 2 is 1.17 bits per heavy atom. The average molecular weight is 318 g/mol. The number of allylic oxidation sites excluding steroid dienone is 1. The lowest BCUT2D eigenvalue weighted by Crippen LogP contribution is -2.26. The van der Waals surface area contributed by atoms with Crippen molar-refractivity contribution >= 4 is 29.1 Å². The van der Waals surface area contributed by atoms with Crippen LogP contribution < -0.4 is 15.9 Å². The van der Waals surface area contributed by atoms with Gasteiger partial charge >= 0.3 is 0 Å². The summed E-state index contributed by atoms with van der Waals surface area (Å²) in [6.07, 6.45) is 4.01. The van der Waals surface area contributed by atoms with Gasteiger partial charge in [-0.1, -0.05) is 97.1 Å². The molecule has 0 radical (unpaired) electrons. The normalized spacial score (nSPS) is 11.7. The lowest BCUT2D eigenvalue weighted by Gasteiger charge is -2.21. The molecule has 114 valence electrons. The summed E-state index contributed by atoms with van der Waals surface area (Å²) in [5, 5.41) is 2.61. The Morgan fingerprint density at radius 3 is 1.70 bits per heavy atom. The van der Waals surface area contributed by atoms with E-state index in [0.717, 1.165) is 21.5 Å². The Hall–Kier alpha value is -2.37. The van der Waals surface area contributed by atoms with E-state index in [0.29, 0.717) is 0 Å². The molecule has 0 unspecified atom stereocenters. The molecule has 23 heavy (non-hydrogen) atoms. The number of hydrogen-bond acceptors (Lipinski definition) is 1. The summed E-state index contributed by atoms with van der Waals surface area (Å²) in [4.78, 5) is 0. The zero-order valence-corrected chi connectivity index (χ0v) is 14.0. The molecule has 0 saturated heterocycles. The van der Waals surface area contributed by atoms with Crippen LogP contribution in [-0.2, 0) is 4.57 Å². The Morgan fingerprint density at radius 1 is 0.696 bits per heavy atom. The van der Waals surface area contributed by atoms with Gasteiger partial charge in [-0.25, -0.2) is 0 Å². The van der Waals surface area contributed by atoms with Gasteiger partial charge in [-0.05, 0) is 12.5 Å². The zero-order chi connectivity index (χ0) is 16.1. The van der Waals surface area contributed by atoms with Crippen molar-refractivity contribution in [2.75, 3.05) is 0 Å². The van der Waals surface area contributed by atoms with Crippen molar-refractivity contribution < 1.29 is 4.57 Å². The second-order valence-corrected chi connectivity index (χ2v) is 8.07. The fourth-order valence-corrected chi connectivity index (χ4v) is 5.65. The predicted octanol–water partition coefficient (Wildman–Crippen LogP) is 4.36. The summed E-state index contributed by atoms with van der Waals surface area (Å²) in [6.45, 7) is 1.98. The van der Waals surface area contributed by atoms with Gasteiger partial charge in [0.25, 0.3) is 0 Å². The molecule has 0 N–H and O–H groups in total. The minimum Gasteiger partial charge on any atom is -0.309 e. The zero-order valence-electron chi connectivity index (χ0n) is 13.1. The molecule has 0 aromatic heterocycles. The summed E-state index contributed by atoms with van der Waals surface area (Å²) in [5.74, 6) is 0. The maximum atomic E-state index is 14.3. The second kappa shape index (κ2) is 6.81. The highest BCUT2D eigenvalue weighted by molar-refractivity contribution is 7.85. The quantitative estimate of drug-likeness (QED) is 0.653.